The molecule has 3 nitrogen and oxygen atoms in total. The van der Waals surface area contributed by atoms with Gasteiger partial charge < -0.3 is 10.6 Å². The maximum absolute atomic E-state index is 14.0. The summed E-state index contributed by atoms with van der Waals surface area (Å²) in [5.41, 5.74) is 7.51. The number of likely N-dealkylation sites (tertiary alicyclic amines) is 1. The summed E-state index contributed by atoms with van der Waals surface area (Å²) < 4.78 is 14.0. The molecule has 6 heteroatoms. The number of piperidine rings is 1. The number of amides is 1. The molecule has 0 atom stereocenters. The van der Waals surface area contributed by atoms with E-state index in [1.165, 1.54) is 6.07 Å². The predicted molar refractivity (Wildman–Crippen MR) is 102 cm³/mol. The van der Waals surface area contributed by atoms with Crippen molar-refractivity contribution in [3.63, 3.8) is 0 Å². The zero-order valence-corrected chi connectivity index (χ0v) is 15.3. The number of nitrogens with two attached hydrogens (primary N) is 1. The van der Waals surface area contributed by atoms with Crippen molar-refractivity contribution >= 4 is 29.9 Å². The minimum Gasteiger partial charge on any atom is -0.339 e. The van der Waals surface area contributed by atoms with Crippen molar-refractivity contribution in [1.82, 2.24) is 4.90 Å². The van der Waals surface area contributed by atoms with Gasteiger partial charge in [-0.3, -0.25) is 4.79 Å². The summed E-state index contributed by atoms with van der Waals surface area (Å²) in [7, 11) is 0. The Bertz CT molecular complexity index is 729. The molecule has 1 saturated heterocycles. The zero-order chi connectivity index (χ0) is 17.1. The van der Waals surface area contributed by atoms with Crippen LogP contribution in [0.4, 0.5) is 4.39 Å². The van der Waals surface area contributed by atoms with Gasteiger partial charge in [-0.2, -0.15) is 0 Å². The van der Waals surface area contributed by atoms with E-state index in [0.29, 0.717) is 28.6 Å². The average molecular weight is 383 g/mol. The molecule has 0 aliphatic carbocycles. The van der Waals surface area contributed by atoms with Crippen LogP contribution >= 0.6 is 24.0 Å². The van der Waals surface area contributed by atoms with Crippen molar-refractivity contribution in [2.24, 2.45) is 11.7 Å². The molecule has 1 aliphatic heterocycles. The van der Waals surface area contributed by atoms with Gasteiger partial charge in [-0.1, -0.05) is 23.7 Å². The molecule has 0 unspecified atom stereocenters. The van der Waals surface area contributed by atoms with Gasteiger partial charge in [0.1, 0.15) is 5.82 Å². The van der Waals surface area contributed by atoms with E-state index in [9.17, 15) is 9.18 Å². The first-order valence-corrected chi connectivity index (χ1v) is 8.51. The second kappa shape index (κ2) is 8.65. The molecular weight excluding hydrogens is 362 g/mol. The molecule has 1 heterocycles. The molecule has 3 rings (SSSR count). The van der Waals surface area contributed by atoms with Crippen LogP contribution in [0.5, 0.6) is 0 Å². The standard InChI is InChI=1S/C19H20ClFN2O.ClH/c20-16-5-6-17(18(21)11-16)14-1-3-15(4-2-14)19(24)23-9-7-13(12-22)8-10-23;/h1-6,11,13H,7-10,12,22H2;1H. The Morgan fingerprint density at radius 2 is 1.80 bits per heavy atom. The monoisotopic (exact) mass is 382 g/mol. The smallest absolute Gasteiger partial charge is 0.253 e. The number of carbonyl (C=O) groups is 1. The van der Waals surface area contributed by atoms with Gasteiger partial charge in [-0.25, -0.2) is 4.39 Å². The highest BCUT2D eigenvalue weighted by atomic mass is 35.5. The third-order valence-corrected chi connectivity index (χ3v) is 4.84. The zero-order valence-electron chi connectivity index (χ0n) is 13.8. The Morgan fingerprint density at radius 1 is 1.16 bits per heavy atom. The van der Waals surface area contributed by atoms with Crippen molar-refractivity contribution in [2.75, 3.05) is 19.6 Å². The quantitative estimate of drug-likeness (QED) is 0.855. The van der Waals surface area contributed by atoms with Crippen molar-refractivity contribution in [2.45, 2.75) is 12.8 Å². The minimum atomic E-state index is -0.370. The summed E-state index contributed by atoms with van der Waals surface area (Å²) in [6, 6.07) is 11.6. The predicted octanol–water partition coefficient (Wildman–Crippen LogP) is 4.38. The Morgan fingerprint density at radius 3 is 2.36 bits per heavy atom. The lowest BCUT2D eigenvalue weighted by molar-refractivity contribution is 0.0693. The molecule has 2 aromatic carbocycles. The van der Waals surface area contributed by atoms with Crippen LogP contribution in [0.1, 0.15) is 23.2 Å². The van der Waals surface area contributed by atoms with Crippen LogP contribution in [0.15, 0.2) is 42.5 Å². The lowest BCUT2D eigenvalue weighted by atomic mass is 9.96. The molecule has 2 N–H and O–H groups in total. The fraction of sp³-hybridized carbons (Fsp3) is 0.316. The normalized spacial score (nSPS) is 14.9. The molecule has 1 fully saturated rings. The highest BCUT2D eigenvalue weighted by Crippen LogP contribution is 2.26. The molecule has 0 radical (unpaired) electrons. The van der Waals surface area contributed by atoms with Gasteiger partial charge in [0.25, 0.3) is 5.91 Å². The molecule has 1 amide bonds. The SMILES string of the molecule is Cl.NCC1CCN(C(=O)c2ccc(-c3ccc(Cl)cc3F)cc2)CC1. The fourth-order valence-corrected chi connectivity index (χ4v) is 3.23. The third-order valence-electron chi connectivity index (χ3n) is 4.61. The van der Waals surface area contributed by atoms with Gasteiger partial charge in [-0.05, 0) is 61.2 Å². The highest BCUT2D eigenvalue weighted by Gasteiger charge is 2.22. The van der Waals surface area contributed by atoms with Crippen molar-refractivity contribution in [3.8, 4) is 11.1 Å². The van der Waals surface area contributed by atoms with E-state index < -0.39 is 0 Å². The molecule has 134 valence electrons. The number of rotatable bonds is 3. The largest absolute Gasteiger partial charge is 0.339 e. The van der Waals surface area contributed by atoms with E-state index in [1.54, 1.807) is 36.4 Å². The third kappa shape index (κ3) is 4.51. The number of carbonyl (C=O) groups excluding carboxylic acids is 1. The van der Waals surface area contributed by atoms with Crippen LogP contribution in [0, 0.1) is 11.7 Å². The van der Waals surface area contributed by atoms with Gasteiger partial charge in [0.05, 0.1) is 0 Å². The first kappa shape index (κ1) is 19.7. The molecular formula is C19H21Cl2FN2O. The van der Waals surface area contributed by atoms with E-state index in [-0.39, 0.29) is 24.1 Å². The first-order chi connectivity index (χ1) is 11.6. The second-order valence-corrected chi connectivity index (χ2v) is 6.61. The molecule has 0 saturated carbocycles. The summed E-state index contributed by atoms with van der Waals surface area (Å²) in [6.07, 6.45) is 1.91. The molecule has 0 spiro atoms. The molecule has 2 aromatic rings. The van der Waals surface area contributed by atoms with Gasteiger partial charge in [0.2, 0.25) is 0 Å². The van der Waals surface area contributed by atoms with Gasteiger partial charge in [-0.15, -0.1) is 12.4 Å². The molecule has 25 heavy (non-hydrogen) atoms. The Kier molecular flexibility index (Phi) is 6.82. The Labute approximate surface area is 158 Å². The molecule has 0 aromatic heterocycles. The molecule has 1 aliphatic rings. The van der Waals surface area contributed by atoms with E-state index in [1.807, 2.05) is 4.90 Å². The summed E-state index contributed by atoms with van der Waals surface area (Å²) in [4.78, 5) is 14.4. The maximum atomic E-state index is 14.0. The average Bonchev–Trinajstić information content (AvgIpc) is 2.61. The van der Waals surface area contributed by atoms with Crippen LogP contribution in [0.25, 0.3) is 11.1 Å². The minimum absolute atomic E-state index is 0. The van der Waals surface area contributed by atoms with E-state index in [2.05, 4.69) is 0 Å². The van der Waals surface area contributed by atoms with Crippen molar-refractivity contribution in [3.05, 3.63) is 58.9 Å². The van der Waals surface area contributed by atoms with Crippen molar-refractivity contribution < 1.29 is 9.18 Å². The van der Waals surface area contributed by atoms with E-state index >= 15 is 0 Å². The number of halogens is 3. The van der Waals surface area contributed by atoms with Crippen LogP contribution < -0.4 is 5.73 Å². The second-order valence-electron chi connectivity index (χ2n) is 6.17. The van der Waals surface area contributed by atoms with Gasteiger partial charge >= 0.3 is 0 Å². The number of hydrogen-bond acceptors (Lipinski definition) is 2. The van der Waals surface area contributed by atoms with Crippen LogP contribution in [-0.4, -0.2) is 30.4 Å². The first-order valence-electron chi connectivity index (χ1n) is 8.13. The van der Waals surface area contributed by atoms with Crippen molar-refractivity contribution in [1.29, 1.82) is 0 Å². The fourth-order valence-electron chi connectivity index (χ4n) is 3.07. The van der Waals surface area contributed by atoms with Gasteiger partial charge in [0, 0.05) is 29.2 Å². The van der Waals surface area contributed by atoms with Crippen LogP contribution in [-0.2, 0) is 0 Å². The molecule has 0 bridgehead atoms. The topological polar surface area (TPSA) is 46.3 Å². The number of hydrogen-bond donors (Lipinski definition) is 1. The maximum Gasteiger partial charge on any atom is 0.253 e. The highest BCUT2D eigenvalue weighted by molar-refractivity contribution is 6.30. The van der Waals surface area contributed by atoms with Gasteiger partial charge in [0.15, 0.2) is 0 Å². The number of nitrogens with zero attached hydrogens (tertiary/aromatic N) is 1. The Hall–Kier alpha value is -1.62. The Balaban J connectivity index is 0.00000225. The lowest BCUT2D eigenvalue weighted by Crippen LogP contribution is -2.40. The summed E-state index contributed by atoms with van der Waals surface area (Å²) in [5, 5.41) is 0.365. The van der Waals surface area contributed by atoms with E-state index in [0.717, 1.165) is 31.5 Å². The summed E-state index contributed by atoms with van der Waals surface area (Å²) >= 11 is 5.78. The van der Waals surface area contributed by atoms with E-state index in [4.69, 9.17) is 17.3 Å². The lowest BCUT2D eigenvalue weighted by Gasteiger charge is -2.31. The van der Waals surface area contributed by atoms with Crippen LogP contribution in [0.3, 0.4) is 0 Å². The van der Waals surface area contributed by atoms with Crippen LogP contribution in [0.2, 0.25) is 5.02 Å². The number of benzene rings is 2. The summed E-state index contributed by atoms with van der Waals surface area (Å²) in [6.45, 7) is 2.17. The summed E-state index contributed by atoms with van der Waals surface area (Å²) in [5.74, 6) is 0.170.